The molecule has 34 heavy (non-hydrogen) atoms. The van der Waals surface area contributed by atoms with Gasteiger partial charge in [-0.05, 0) is 34.9 Å². The van der Waals surface area contributed by atoms with Crippen LogP contribution in [0.25, 0.3) is 0 Å². The van der Waals surface area contributed by atoms with E-state index in [2.05, 4.69) is 15.5 Å². The summed E-state index contributed by atoms with van der Waals surface area (Å²) in [7, 11) is 0. The third kappa shape index (κ3) is 5.96. The molecule has 0 saturated heterocycles. The molecule has 170 valence electrons. The number of rotatable bonds is 7. The van der Waals surface area contributed by atoms with Crippen molar-refractivity contribution in [3.05, 3.63) is 127 Å². The third-order valence-corrected chi connectivity index (χ3v) is 6.36. The molecule has 0 amide bonds. The van der Waals surface area contributed by atoms with Crippen LogP contribution in [-0.4, -0.2) is 17.0 Å². The van der Waals surface area contributed by atoms with E-state index in [0.29, 0.717) is 33.3 Å². The zero-order chi connectivity index (χ0) is 24.1. The van der Waals surface area contributed by atoms with Gasteiger partial charge in [-0.25, -0.2) is 4.98 Å². The lowest BCUT2D eigenvalue weighted by atomic mass is 10.00. The maximum atomic E-state index is 12.7. The Balaban J connectivity index is 1.45. The third-order valence-electron chi connectivity index (χ3n) is 5.00. The summed E-state index contributed by atoms with van der Waals surface area (Å²) >= 11 is 24.8. The molecule has 0 atom stereocenters. The number of anilines is 1. The van der Waals surface area contributed by atoms with Gasteiger partial charge in [0.15, 0.2) is 5.78 Å². The molecule has 0 saturated carbocycles. The van der Waals surface area contributed by atoms with Crippen molar-refractivity contribution in [1.82, 2.24) is 4.98 Å². The molecule has 4 nitrogen and oxygen atoms in total. The van der Waals surface area contributed by atoms with E-state index < -0.39 is 0 Å². The van der Waals surface area contributed by atoms with Gasteiger partial charge < -0.3 is 0 Å². The Bertz CT molecular complexity index is 1330. The van der Waals surface area contributed by atoms with Crippen LogP contribution < -0.4 is 5.43 Å². The summed E-state index contributed by atoms with van der Waals surface area (Å²) in [6, 6.07) is 22.0. The van der Waals surface area contributed by atoms with Gasteiger partial charge in [0.25, 0.3) is 0 Å². The van der Waals surface area contributed by atoms with Crippen LogP contribution in [0.3, 0.4) is 0 Å². The van der Waals surface area contributed by atoms with Gasteiger partial charge in [-0.2, -0.15) is 5.10 Å². The predicted molar refractivity (Wildman–Crippen MR) is 141 cm³/mol. The lowest BCUT2D eigenvalue weighted by Gasteiger charge is -2.11. The number of ketones is 1. The second-order valence-electron chi connectivity index (χ2n) is 7.40. The van der Waals surface area contributed by atoms with Crippen LogP contribution in [0.1, 0.15) is 32.6 Å². The van der Waals surface area contributed by atoms with E-state index >= 15 is 0 Å². The standard InChI is InChI=1S/C26H17Cl4N3O/c27-22-12-20(33-32-14-17-4-2-1-3-5-17)13-23(28)21(22)10-16-6-8-18(9-7-16)25(34)19-11-24(29)26(30)31-15-19/h1-9,11-15,33H,10H2. The van der Waals surface area contributed by atoms with Gasteiger partial charge in [0, 0.05) is 33.8 Å². The minimum Gasteiger partial charge on any atom is -0.289 e. The molecular formula is C26H17Cl4N3O. The molecular weight excluding hydrogens is 512 g/mol. The molecule has 1 N–H and O–H groups in total. The van der Waals surface area contributed by atoms with E-state index in [4.69, 9.17) is 46.4 Å². The van der Waals surface area contributed by atoms with Crippen molar-refractivity contribution in [1.29, 1.82) is 0 Å². The first-order valence-corrected chi connectivity index (χ1v) is 11.7. The molecule has 0 radical (unpaired) electrons. The van der Waals surface area contributed by atoms with Crippen LogP contribution in [0.15, 0.2) is 84.1 Å². The number of hydrazone groups is 1. The Kier molecular flexibility index (Phi) is 7.86. The van der Waals surface area contributed by atoms with Crippen LogP contribution in [0.2, 0.25) is 20.2 Å². The number of benzene rings is 3. The lowest BCUT2D eigenvalue weighted by Crippen LogP contribution is -2.02. The quantitative estimate of drug-likeness (QED) is 0.114. The number of halogens is 4. The molecule has 0 aliphatic carbocycles. The van der Waals surface area contributed by atoms with Crippen molar-refractivity contribution in [2.24, 2.45) is 5.10 Å². The molecule has 0 aliphatic heterocycles. The Morgan fingerprint density at radius 3 is 2.18 bits per heavy atom. The van der Waals surface area contributed by atoms with Crippen LogP contribution in [0.5, 0.6) is 0 Å². The zero-order valence-corrected chi connectivity index (χ0v) is 20.6. The molecule has 0 unspecified atom stereocenters. The highest BCUT2D eigenvalue weighted by Gasteiger charge is 2.13. The van der Waals surface area contributed by atoms with Crippen LogP contribution in [0, 0.1) is 0 Å². The van der Waals surface area contributed by atoms with Crippen molar-refractivity contribution in [2.75, 3.05) is 5.43 Å². The molecule has 0 bridgehead atoms. The number of aromatic nitrogens is 1. The van der Waals surface area contributed by atoms with Gasteiger partial charge >= 0.3 is 0 Å². The average molecular weight is 529 g/mol. The molecule has 0 aliphatic rings. The van der Waals surface area contributed by atoms with Crippen molar-refractivity contribution in [3.63, 3.8) is 0 Å². The van der Waals surface area contributed by atoms with Crippen molar-refractivity contribution in [3.8, 4) is 0 Å². The normalized spacial score (nSPS) is 11.1. The maximum absolute atomic E-state index is 12.7. The summed E-state index contributed by atoms with van der Waals surface area (Å²) in [6.07, 6.45) is 3.63. The first kappa shape index (κ1) is 24.2. The summed E-state index contributed by atoms with van der Waals surface area (Å²) in [6.45, 7) is 0. The molecule has 4 rings (SSSR count). The highest BCUT2D eigenvalue weighted by atomic mass is 35.5. The number of pyridine rings is 1. The fourth-order valence-corrected chi connectivity index (χ4v) is 4.14. The largest absolute Gasteiger partial charge is 0.289 e. The number of carbonyl (C=O) groups excluding carboxylic acids is 1. The number of hydrogen-bond acceptors (Lipinski definition) is 4. The number of nitrogens with zero attached hydrogens (tertiary/aromatic N) is 2. The van der Waals surface area contributed by atoms with Crippen LogP contribution in [-0.2, 0) is 6.42 Å². The molecule has 8 heteroatoms. The molecule has 1 aromatic heterocycles. The zero-order valence-electron chi connectivity index (χ0n) is 17.6. The maximum Gasteiger partial charge on any atom is 0.194 e. The van der Waals surface area contributed by atoms with Gasteiger partial charge in [-0.15, -0.1) is 0 Å². The second kappa shape index (κ2) is 11.0. The van der Waals surface area contributed by atoms with Crippen molar-refractivity contribution < 1.29 is 4.79 Å². The molecule has 0 spiro atoms. The van der Waals surface area contributed by atoms with E-state index in [-0.39, 0.29) is 16.0 Å². The number of hydrogen-bond donors (Lipinski definition) is 1. The first-order chi connectivity index (χ1) is 16.4. The summed E-state index contributed by atoms with van der Waals surface area (Å²) in [5.41, 5.74) is 7.22. The topological polar surface area (TPSA) is 54.4 Å². The smallest absolute Gasteiger partial charge is 0.194 e. The average Bonchev–Trinajstić information content (AvgIpc) is 2.84. The molecule has 0 fully saturated rings. The lowest BCUT2D eigenvalue weighted by molar-refractivity contribution is 0.103. The monoisotopic (exact) mass is 527 g/mol. The van der Waals surface area contributed by atoms with Gasteiger partial charge in [0.2, 0.25) is 0 Å². The summed E-state index contributed by atoms with van der Waals surface area (Å²) < 4.78 is 0. The highest BCUT2D eigenvalue weighted by Crippen LogP contribution is 2.31. The highest BCUT2D eigenvalue weighted by molar-refractivity contribution is 6.41. The van der Waals surface area contributed by atoms with E-state index in [9.17, 15) is 4.79 Å². The number of carbonyl (C=O) groups is 1. The van der Waals surface area contributed by atoms with Gasteiger partial charge in [-0.1, -0.05) is 101 Å². The Morgan fingerprint density at radius 1 is 0.853 bits per heavy atom. The minimum atomic E-state index is -0.194. The molecule has 1 heterocycles. The second-order valence-corrected chi connectivity index (χ2v) is 8.98. The van der Waals surface area contributed by atoms with Gasteiger partial charge in [0.05, 0.1) is 16.9 Å². The van der Waals surface area contributed by atoms with E-state index in [1.54, 1.807) is 30.5 Å². The Hall–Kier alpha value is -2.89. The SMILES string of the molecule is O=C(c1ccc(Cc2c(Cl)cc(NN=Cc3ccccc3)cc2Cl)cc1)c1cnc(Cl)c(Cl)c1. The summed E-state index contributed by atoms with van der Waals surface area (Å²) in [4.78, 5) is 16.6. The Morgan fingerprint density at radius 2 is 1.53 bits per heavy atom. The summed E-state index contributed by atoms with van der Waals surface area (Å²) in [5, 5.41) is 5.66. The fraction of sp³-hybridized carbons (Fsp3) is 0.0385. The van der Waals surface area contributed by atoms with Crippen molar-refractivity contribution in [2.45, 2.75) is 6.42 Å². The first-order valence-electron chi connectivity index (χ1n) is 10.2. The van der Waals surface area contributed by atoms with Crippen LogP contribution in [0.4, 0.5) is 5.69 Å². The van der Waals surface area contributed by atoms with Gasteiger partial charge in [0.1, 0.15) is 5.15 Å². The van der Waals surface area contributed by atoms with Gasteiger partial charge in [-0.3, -0.25) is 10.2 Å². The van der Waals surface area contributed by atoms with E-state index in [0.717, 1.165) is 16.7 Å². The van der Waals surface area contributed by atoms with E-state index in [1.165, 1.54) is 12.3 Å². The van der Waals surface area contributed by atoms with Crippen LogP contribution >= 0.6 is 46.4 Å². The molecule has 4 aromatic rings. The molecule has 3 aromatic carbocycles. The Labute approximate surface area is 217 Å². The van der Waals surface area contributed by atoms with E-state index in [1.807, 2.05) is 42.5 Å². The van der Waals surface area contributed by atoms with Crippen molar-refractivity contribution >= 4 is 64.1 Å². The number of nitrogens with one attached hydrogen (secondary N) is 1. The summed E-state index contributed by atoms with van der Waals surface area (Å²) in [5.74, 6) is -0.194. The minimum absolute atomic E-state index is 0.159. The fourth-order valence-electron chi connectivity index (χ4n) is 3.25. The predicted octanol–water partition coefficient (Wildman–Crippen LogP) is 7.96.